The Balaban J connectivity index is 2.20. The average molecular weight is 293 g/mol. The summed E-state index contributed by atoms with van der Waals surface area (Å²) in [6, 6.07) is 1.90. The Morgan fingerprint density at radius 2 is 2.19 bits per heavy atom. The number of carbonyl (C=O) groups excluding carboxylic acids is 1. The second kappa shape index (κ2) is 7.21. The van der Waals surface area contributed by atoms with Crippen LogP contribution in [0.25, 0.3) is 0 Å². The SMILES string of the molecule is CCCNc1cc(N2CCN(C)C(=O)C2)nc(COC)n1. The van der Waals surface area contributed by atoms with E-state index >= 15 is 0 Å². The normalized spacial score (nSPS) is 15.5. The molecule has 21 heavy (non-hydrogen) atoms. The summed E-state index contributed by atoms with van der Waals surface area (Å²) < 4.78 is 5.12. The molecule has 1 saturated heterocycles. The van der Waals surface area contributed by atoms with E-state index in [0.717, 1.165) is 31.1 Å². The first-order valence-electron chi connectivity index (χ1n) is 7.23. The molecule has 1 aliphatic rings. The van der Waals surface area contributed by atoms with E-state index in [1.54, 1.807) is 12.0 Å². The number of anilines is 2. The van der Waals surface area contributed by atoms with Gasteiger partial charge in [-0.25, -0.2) is 9.97 Å². The predicted molar refractivity (Wildman–Crippen MR) is 81.4 cm³/mol. The monoisotopic (exact) mass is 293 g/mol. The van der Waals surface area contributed by atoms with Crippen LogP contribution in [0.2, 0.25) is 0 Å². The summed E-state index contributed by atoms with van der Waals surface area (Å²) in [6.07, 6.45) is 1.02. The van der Waals surface area contributed by atoms with Crippen molar-refractivity contribution in [3.63, 3.8) is 0 Å². The molecule has 0 saturated carbocycles. The van der Waals surface area contributed by atoms with Gasteiger partial charge in [0.2, 0.25) is 5.91 Å². The third-order valence-electron chi connectivity index (χ3n) is 3.37. The highest BCUT2D eigenvalue weighted by atomic mass is 16.5. The maximum Gasteiger partial charge on any atom is 0.241 e. The third-order valence-corrected chi connectivity index (χ3v) is 3.37. The lowest BCUT2D eigenvalue weighted by Crippen LogP contribution is -2.48. The van der Waals surface area contributed by atoms with Crippen LogP contribution in [0.5, 0.6) is 0 Å². The summed E-state index contributed by atoms with van der Waals surface area (Å²) in [5.41, 5.74) is 0. The molecule has 1 aliphatic heterocycles. The topological polar surface area (TPSA) is 70.6 Å². The molecule has 1 aromatic heterocycles. The van der Waals surface area contributed by atoms with Crippen LogP contribution in [0.1, 0.15) is 19.2 Å². The molecule has 1 aromatic rings. The van der Waals surface area contributed by atoms with E-state index in [-0.39, 0.29) is 5.91 Å². The van der Waals surface area contributed by atoms with E-state index < -0.39 is 0 Å². The third kappa shape index (κ3) is 4.04. The molecule has 7 nitrogen and oxygen atoms in total. The van der Waals surface area contributed by atoms with Gasteiger partial charge < -0.3 is 19.9 Å². The van der Waals surface area contributed by atoms with Gasteiger partial charge in [0, 0.05) is 39.9 Å². The number of aromatic nitrogens is 2. The molecule has 1 N–H and O–H groups in total. The molecular weight excluding hydrogens is 270 g/mol. The maximum absolute atomic E-state index is 11.8. The second-order valence-corrected chi connectivity index (χ2v) is 5.12. The maximum atomic E-state index is 11.8. The van der Waals surface area contributed by atoms with Crippen molar-refractivity contribution in [1.29, 1.82) is 0 Å². The average Bonchev–Trinajstić information content (AvgIpc) is 2.48. The van der Waals surface area contributed by atoms with Crippen molar-refractivity contribution in [2.75, 3.05) is 50.6 Å². The summed E-state index contributed by atoms with van der Waals surface area (Å²) in [7, 11) is 3.44. The highest BCUT2D eigenvalue weighted by Gasteiger charge is 2.22. The van der Waals surface area contributed by atoms with Crippen LogP contribution in [-0.4, -0.2) is 61.1 Å². The van der Waals surface area contributed by atoms with E-state index in [2.05, 4.69) is 22.2 Å². The molecule has 0 spiro atoms. The van der Waals surface area contributed by atoms with E-state index in [4.69, 9.17) is 4.74 Å². The molecule has 7 heteroatoms. The number of likely N-dealkylation sites (N-methyl/N-ethyl adjacent to an activating group) is 1. The Hall–Kier alpha value is -1.89. The molecule has 0 atom stereocenters. The highest BCUT2D eigenvalue weighted by molar-refractivity contribution is 5.82. The lowest BCUT2D eigenvalue weighted by Gasteiger charge is -2.33. The van der Waals surface area contributed by atoms with Crippen LogP contribution in [0.15, 0.2) is 6.07 Å². The van der Waals surface area contributed by atoms with E-state index in [1.807, 2.05) is 18.0 Å². The summed E-state index contributed by atoms with van der Waals surface area (Å²) >= 11 is 0. The number of nitrogens with zero attached hydrogens (tertiary/aromatic N) is 4. The fraction of sp³-hybridized carbons (Fsp3) is 0.643. The number of amides is 1. The second-order valence-electron chi connectivity index (χ2n) is 5.12. The quantitative estimate of drug-likeness (QED) is 0.833. The minimum atomic E-state index is 0.108. The molecule has 2 heterocycles. The van der Waals surface area contributed by atoms with Gasteiger partial charge in [-0.05, 0) is 6.42 Å². The molecule has 0 aliphatic carbocycles. The lowest BCUT2D eigenvalue weighted by atomic mass is 10.3. The number of piperazine rings is 1. The van der Waals surface area contributed by atoms with Crippen LogP contribution in [0.3, 0.4) is 0 Å². The predicted octanol–water partition coefficient (Wildman–Crippen LogP) is 0.723. The molecule has 116 valence electrons. The van der Waals surface area contributed by atoms with Crippen LogP contribution >= 0.6 is 0 Å². The van der Waals surface area contributed by atoms with Gasteiger partial charge in [-0.3, -0.25) is 4.79 Å². The Bertz CT molecular complexity index is 494. The minimum absolute atomic E-state index is 0.108. The number of hydrogen-bond donors (Lipinski definition) is 1. The van der Waals surface area contributed by atoms with E-state index in [1.165, 1.54) is 0 Å². The van der Waals surface area contributed by atoms with Crippen molar-refractivity contribution in [3.8, 4) is 0 Å². The first kappa shape index (κ1) is 15.5. The van der Waals surface area contributed by atoms with E-state index in [9.17, 15) is 4.79 Å². The van der Waals surface area contributed by atoms with Crippen LogP contribution in [0, 0.1) is 0 Å². The summed E-state index contributed by atoms with van der Waals surface area (Å²) in [5.74, 6) is 2.29. The zero-order valence-corrected chi connectivity index (χ0v) is 12.9. The minimum Gasteiger partial charge on any atom is -0.377 e. The molecule has 1 fully saturated rings. The fourth-order valence-corrected chi connectivity index (χ4v) is 2.14. The van der Waals surface area contributed by atoms with Gasteiger partial charge in [0.1, 0.15) is 18.2 Å². The van der Waals surface area contributed by atoms with Gasteiger partial charge in [-0.2, -0.15) is 0 Å². The fourth-order valence-electron chi connectivity index (χ4n) is 2.14. The van der Waals surface area contributed by atoms with Crippen molar-refractivity contribution < 1.29 is 9.53 Å². The zero-order chi connectivity index (χ0) is 15.2. The number of methoxy groups -OCH3 is 1. The Morgan fingerprint density at radius 1 is 1.38 bits per heavy atom. The highest BCUT2D eigenvalue weighted by Crippen LogP contribution is 2.18. The molecule has 0 unspecified atom stereocenters. The Labute approximate surface area is 125 Å². The van der Waals surface area contributed by atoms with Gasteiger partial charge in [0.25, 0.3) is 0 Å². The zero-order valence-electron chi connectivity index (χ0n) is 12.9. The number of carbonyl (C=O) groups is 1. The van der Waals surface area contributed by atoms with Crippen molar-refractivity contribution in [1.82, 2.24) is 14.9 Å². The Morgan fingerprint density at radius 3 is 2.86 bits per heavy atom. The lowest BCUT2D eigenvalue weighted by molar-refractivity contribution is -0.129. The van der Waals surface area contributed by atoms with Gasteiger partial charge in [-0.15, -0.1) is 0 Å². The molecule has 0 bridgehead atoms. The largest absolute Gasteiger partial charge is 0.377 e. The van der Waals surface area contributed by atoms with Gasteiger partial charge >= 0.3 is 0 Å². The molecule has 0 radical (unpaired) electrons. The first-order valence-corrected chi connectivity index (χ1v) is 7.23. The van der Waals surface area contributed by atoms with Gasteiger partial charge in [-0.1, -0.05) is 6.92 Å². The summed E-state index contributed by atoms with van der Waals surface area (Å²) in [6.45, 7) is 5.15. The standard InChI is InChI=1S/C14H23N5O2/c1-4-5-15-11-8-13(17-12(16-11)10-21-3)19-7-6-18(2)14(20)9-19/h8H,4-7,9-10H2,1-3H3,(H,15,16,17). The van der Waals surface area contributed by atoms with Crippen molar-refractivity contribution >= 4 is 17.5 Å². The Kier molecular flexibility index (Phi) is 5.32. The number of ether oxygens (including phenoxy) is 1. The number of hydrogen-bond acceptors (Lipinski definition) is 6. The molecule has 1 amide bonds. The van der Waals surface area contributed by atoms with Crippen LogP contribution < -0.4 is 10.2 Å². The smallest absolute Gasteiger partial charge is 0.241 e. The molecule has 2 rings (SSSR count). The first-order chi connectivity index (χ1) is 10.1. The van der Waals surface area contributed by atoms with E-state index in [0.29, 0.717) is 25.5 Å². The number of nitrogens with one attached hydrogen (secondary N) is 1. The van der Waals surface area contributed by atoms with Crippen molar-refractivity contribution in [2.45, 2.75) is 20.0 Å². The molecular formula is C14H23N5O2. The van der Waals surface area contributed by atoms with Gasteiger partial charge in [0.15, 0.2) is 5.82 Å². The van der Waals surface area contributed by atoms with Gasteiger partial charge in [0.05, 0.1) is 6.54 Å². The number of rotatable bonds is 6. The van der Waals surface area contributed by atoms with Crippen LogP contribution in [0.4, 0.5) is 11.6 Å². The summed E-state index contributed by atoms with van der Waals surface area (Å²) in [4.78, 5) is 24.5. The molecule has 0 aromatic carbocycles. The van der Waals surface area contributed by atoms with Crippen LogP contribution in [-0.2, 0) is 16.1 Å². The summed E-state index contributed by atoms with van der Waals surface area (Å²) in [5, 5.41) is 3.26. The van der Waals surface area contributed by atoms with Crippen molar-refractivity contribution in [2.24, 2.45) is 0 Å². The van der Waals surface area contributed by atoms with Crippen molar-refractivity contribution in [3.05, 3.63) is 11.9 Å².